The second-order valence-electron chi connectivity index (χ2n) is 8.87. The van der Waals surface area contributed by atoms with Crippen molar-refractivity contribution in [2.24, 2.45) is 5.92 Å². The molecule has 0 aliphatic heterocycles. The normalized spacial score (nSPS) is 12.3. The van der Waals surface area contributed by atoms with Gasteiger partial charge in [0.05, 0.1) is 18.9 Å². The lowest BCUT2D eigenvalue weighted by Gasteiger charge is -2.17. The summed E-state index contributed by atoms with van der Waals surface area (Å²) in [4.78, 5) is 21.4. The monoisotopic (exact) mass is 531 g/mol. The van der Waals surface area contributed by atoms with Gasteiger partial charge in [-0.25, -0.2) is 19.1 Å². The minimum absolute atomic E-state index is 0.129. The fraction of sp³-hybridized carbons (Fsp3) is 0.346. The minimum atomic E-state index is -4.26. The van der Waals surface area contributed by atoms with Gasteiger partial charge in [-0.2, -0.15) is 8.42 Å². The van der Waals surface area contributed by atoms with E-state index in [2.05, 4.69) is 9.97 Å². The van der Waals surface area contributed by atoms with E-state index in [1.807, 2.05) is 18.6 Å². The summed E-state index contributed by atoms with van der Waals surface area (Å²) in [6.07, 6.45) is -0.521. The quantitative estimate of drug-likeness (QED) is 0.392. The Morgan fingerprint density at radius 3 is 2.49 bits per heavy atom. The molecule has 0 unspecified atom stereocenters. The molecular formula is C26H30FN3O6S. The third-order valence-electron chi connectivity index (χ3n) is 4.93. The second kappa shape index (κ2) is 12.1. The number of hydrogen-bond acceptors (Lipinski definition) is 8. The van der Waals surface area contributed by atoms with Crippen molar-refractivity contribution in [3.63, 3.8) is 0 Å². The van der Waals surface area contributed by atoms with Crippen molar-refractivity contribution in [1.29, 1.82) is 0 Å². The molecule has 0 radical (unpaired) electrons. The Kier molecular flexibility index (Phi) is 9.17. The van der Waals surface area contributed by atoms with Gasteiger partial charge in [0.15, 0.2) is 5.03 Å². The van der Waals surface area contributed by atoms with Gasteiger partial charge in [0.2, 0.25) is 5.88 Å². The van der Waals surface area contributed by atoms with Crippen LogP contribution in [-0.2, 0) is 14.8 Å². The number of methoxy groups -OCH3 is 1. The van der Waals surface area contributed by atoms with Gasteiger partial charge in [-0.15, -0.1) is 0 Å². The van der Waals surface area contributed by atoms with Gasteiger partial charge in [-0.05, 0) is 56.2 Å². The zero-order valence-corrected chi connectivity index (χ0v) is 22.1. The third kappa shape index (κ3) is 7.70. The van der Waals surface area contributed by atoms with Gasteiger partial charge >= 0.3 is 0 Å². The Morgan fingerprint density at radius 1 is 1.05 bits per heavy atom. The zero-order valence-electron chi connectivity index (χ0n) is 21.3. The van der Waals surface area contributed by atoms with Gasteiger partial charge in [0.25, 0.3) is 15.9 Å². The number of nitrogens with zero attached hydrogens (tertiary/aromatic N) is 2. The van der Waals surface area contributed by atoms with Gasteiger partial charge in [-0.1, -0.05) is 19.9 Å². The smallest absolute Gasteiger partial charge is 0.281 e. The number of carbonyl (C=O) groups is 1. The summed E-state index contributed by atoms with van der Waals surface area (Å²) >= 11 is 0. The maximum atomic E-state index is 14.3. The molecule has 198 valence electrons. The van der Waals surface area contributed by atoms with E-state index in [-0.39, 0.29) is 29.0 Å². The number of nitrogens with one attached hydrogen (secondary N) is 1. The lowest BCUT2D eigenvalue weighted by molar-refractivity contribution is 0.0855. The topological polar surface area (TPSA) is 117 Å². The first-order valence-corrected chi connectivity index (χ1v) is 13.1. The molecule has 0 aliphatic carbocycles. The second-order valence-corrected chi connectivity index (χ2v) is 10.5. The number of aryl methyl sites for hydroxylation is 1. The number of halogens is 1. The molecule has 9 nitrogen and oxygen atoms in total. The van der Waals surface area contributed by atoms with Gasteiger partial charge in [0.1, 0.15) is 23.2 Å². The van der Waals surface area contributed by atoms with Crippen LogP contribution in [-0.4, -0.2) is 50.7 Å². The molecule has 2 aromatic heterocycles. The minimum Gasteiger partial charge on any atom is -0.493 e. The lowest BCUT2D eigenvalue weighted by atomic mass is 10.1. The predicted molar refractivity (Wildman–Crippen MR) is 136 cm³/mol. The van der Waals surface area contributed by atoms with Crippen LogP contribution in [0.1, 0.15) is 36.8 Å². The highest BCUT2D eigenvalue weighted by molar-refractivity contribution is 7.90. The highest BCUT2D eigenvalue weighted by Gasteiger charge is 2.24. The molecule has 3 aromatic rings. The standard InChI is InChI=1S/C26H30FN3O6S/c1-16(2)14-35-21-12-19(11-20(27)13-21)23-10-9-22(26(29-23)36-18(4)15-34-5)25(31)30-37(32,33)24-8-6-7-17(3)28-24/h6-13,16,18H,14-15H2,1-5H3,(H,30,31)/t18-/m0/s1. The van der Waals surface area contributed by atoms with Crippen molar-refractivity contribution in [2.75, 3.05) is 20.3 Å². The van der Waals surface area contributed by atoms with Crippen molar-refractivity contribution < 1.29 is 31.8 Å². The molecule has 1 aromatic carbocycles. The maximum Gasteiger partial charge on any atom is 0.281 e. The third-order valence-corrected chi connectivity index (χ3v) is 6.17. The van der Waals surface area contributed by atoms with E-state index in [9.17, 15) is 17.6 Å². The van der Waals surface area contributed by atoms with Gasteiger partial charge < -0.3 is 14.2 Å². The van der Waals surface area contributed by atoms with Crippen LogP contribution >= 0.6 is 0 Å². The average molecular weight is 532 g/mol. The zero-order chi connectivity index (χ0) is 27.2. The Labute approximate surface area is 216 Å². The van der Waals surface area contributed by atoms with Crippen molar-refractivity contribution in [3.05, 3.63) is 65.6 Å². The lowest BCUT2D eigenvalue weighted by Crippen LogP contribution is -2.32. The highest BCUT2D eigenvalue weighted by atomic mass is 32.2. The van der Waals surface area contributed by atoms with Crippen LogP contribution in [0.5, 0.6) is 11.6 Å². The molecule has 0 spiro atoms. The Hall–Kier alpha value is -3.57. The molecule has 0 aliphatic rings. The molecule has 0 bridgehead atoms. The molecule has 2 heterocycles. The summed E-state index contributed by atoms with van der Waals surface area (Å²) in [5, 5.41) is -0.297. The van der Waals surface area contributed by atoms with E-state index >= 15 is 0 Å². The number of aromatic nitrogens is 2. The summed E-state index contributed by atoms with van der Waals surface area (Å²) in [7, 11) is -2.77. The van der Waals surface area contributed by atoms with Crippen molar-refractivity contribution >= 4 is 15.9 Å². The fourth-order valence-electron chi connectivity index (χ4n) is 3.28. The number of amides is 1. The molecular weight excluding hydrogens is 501 g/mol. The first kappa shape index (κ1) is 28.0. The summed E-state index contributed by atoms with van der Waals surface area (Å²) in [5.74, 6) is -1.04. The Bertz CT molecular complexity index is 1360. The van der Waals surface area contributed by atoms with E-state index in [1.54, 1.807) is 26.0 Å². The Balaban J connectivity index is 1.98. The summed E-state index contributed by atoms with van der Waals surface area (Å²) < 4.78 is 58.4. The molecule has 0 saturated carbocycles. The summed E-state index contributed by atoms with van der Waals surface area (Å²) in [6.45, 7) is 7.89. The molecule has 37 heavy (non-hydrogen) atoms. The highest BCUT2D eigenvalue weighted by Crippen LogP contribution is 2.28. The summed E-state index contributed by atoms with van der Waals surface area (Å²) in [5.41, 5.74) is 1.04. The van der Waals surface area contributed by atoms with E-state index in [4.69, 9.17) is 14.2 Å². The molecule has 3 rings (SSSR count). The SMILES string of the molecule is COC[C@H](C)Oc1nc(-c2cc(F)cc(OCC(C)C)c2)ccc1C(=O)NS(=O)(=O)c1cccc(C)n1. The predicted octanol–water partition coefficient (Wildman–Crippen LogP) is 4.16. The maximum absolute atomic E-state index is 14.3. The largest absolute Gasteiger partial charge is 0.493 e. The van der Waals surface area contributed by atoms with Gasteiger partial charge in [0, 0.05) is 24.4 Å². The molecule has 0 fully saturated rings. The number of sulfonamides is 1. The van der Waals surface area contributed by atoms with E-state index in [1.165, 1.54) is 43.5 Å². The number of ether oxygens (including phenoxy) is 3. The number of pyridine rings is 2. The first-order valence-electron chi connectivity index (χ1n) is 11.6. The van der Waals surface area contributed by atoms with Crippen LogP contribution in [0, 0.1) is 18.7 Å². The Morgan fingerprint density at radius 2 is 1.81 bits per heavy atom. The average Bonchev–Trinajstić information content (AvgIpc) is 2.82. The van der Waals surface area contributed by atoms with Crippen LogP contribution in [0.25, 0.3) is 11.3 Å². The van der Waals surface area contributed by atoms with Crippen LogP contribution in [0.15, 0.2) is 53.6 Å². The van der Waals surface area contributed by atoms with Crippen LogP contribution in [0.3, 0.4) is 0 Å². The molecule has 0 saturated heterocycles. The van der Waals surface area contributed by atoms with Gasteiger partial charge in [-0.3, -0.25) is 4.79 Å². The number of hydrogen-bond donors (Lipinski definition) is 1. The van der Waals surface area contributed by atoms with Crippen LogP contribution in [0.4, 0.5) is 4.39 Å². The molecule has 1 atom stereocenters. The molecule has 11 heteroatoms. The van der Waals surface area contributed by atoms with Crippen molar-refractivity contribution in [2.45, 2.75) is 38.8 Å². The van der Waals surface area contributed by atoms with Crippen LogP contribution < -0.4 is 14.2 Å². The fourth-order valence-corrected chi connectivity index (χ4v) is 4.26. The van der Waals surface area contributed by atoms with Crippen LogP contribution in [0.2, 0.25) is 0 Å². The van der Waals surface area contributed by atoms with E-state index < -0.39 is 27.9 Å². The number of benzene rings is 1. The van der Waals surface area contributed by atoms with Crippen molar-refractivity contribution in [3.8, 4) is 22.9 Å². The van der Waals surface area contributed by atoms with Crippen molar-refractivity contribution in [1.82, 2.24) is 14.7 Å². The molecule has 1 N–H and O–H groups in total. The summed E-state index contributed by atoms with van der Waals surface area (Å²) in [6, 6.07) is 11.5. The number of rotatable bonds is 11. The van der Waals surface area contributed by atoms with E-state index in [0.717, 1.165) is 0 Å². The number of carbonyl (C=O) groups excluding carboxylic acids is 1. The van der Waals surface area contributed by atoms with E-state index in [0.29, 0.717) is 29.3 Å². The molecule has 1 amide bonds. The first-order chi connectivity index (χ1) is 17.5.